The van der Waals surface area contributed by atoms with Crippen LogP contribution in [-0.2, 0) is 11.2 Å². The van der Waals surface area contributed by atoms with Crippen LogP contribution in [0.3, 0.4) is 0 Å². The predicted octanol–water partition coefficient (Wildman–Crippen LogP) is 3.66. The number of benzene rings is 1. The Kier molecular flexibility index (Phi) is 8.61. The van der Waals surface area contributed by atoms with Gasteiger partial charge in [0.2, 0.25) is 5.91 Å². The van der Waals surface area contributed by atoms with Gasteiger partial charge in [0.25, 0.3) is 6.20 Å². The summed E-state index contributed by atoms with van der Waals surface area (Å²) in [6.07, 6.45) is 9.76. The van der Waals surface area contributed by atoms with Gasteiger partial charge in [0.1, 0.15) is 0 Å². The van der Waals surface area contributed by atoms with Gasteiger partial charge in [-0.25, -0.2) is 0 Å². The number of carbonyl (C=O) groups excluding carboxylic acids is 1. The molecular weight excluding hydrogens is 560 g/mol. The van der Waals surface area contributed by atoms with Crippen molar-refractivity contribution in [1.29, 1.82) is 0 Å². The van der Waals surface area contributed by atoms with Crippen LogP contribution in [-0.4, -0.2) is 77.9 Å². The molecule has 2 fully saturated rings. The molecule has 0 spiro atoms. The Morgan fingerprint density at radius 1 is 1.15 bits per heavy atom. The Bertz CT molecular complexity index is 1180. The molecule has 1 aliphatic carbocycles. The van der Waals surface area contributed by atoms with Crippen LogP contribution in [0.15, 0.2) is 52.6 Å². The lowest BCUT2D eigenvalue weighted by molar-refractivity contribution is -0.404. The van der Waals surface area contributed by atoms with Crippen LogP contribution >= 0.6 is 15.9 Å². The largest absolute Gasteiger partial charge is 0.382 e. The third-order valence-electron chi connectivity index (χ3n) is 8.70. The van der Waals surface area contributed by atoms with E-state index in [1.165, 1.54) is 22.3 Å². The number of halogens is 1. The van der Waals surface area contributed by atoms with E-state index in [9.17, 15) is 14.9 Å². The summed E-state index contributed by atoms with van der Waals surface area (Å²) in [5.41, 5.74) is 5.58. The number of hydrogen-bond donors (Lipinski definition) is 2. The molecule has 0 radical (unpaired) electrons. The molecule has 5 rings (SSSR count). The van der Waals surface area contributed by atoms with E-state index in [0.29, 0.717) is 18.2 Å². The van der Waals surface area contributed by atoms with Crippen molar-refractivity contribution in [2.45, 2.75) is 51.1 Å². The standard InChI is InChI=1S/C29H39BrN6O3/c1-20-3-6-25-22(15-20)4-5-23-17-24(30)18-32-28(23)29(25)35-13-11-34(12-14-35)27(37)16-21-7-9-33(10-8-21)26(31-2)19-36(38)39/h3,6,15,17-19,21,28-29,31-32H,4-5,7-14,16H2,1-2H3/b26-19+. The second-order valence-corrected chi connectivity index (χ2v) is 12.1. The van der Waals surface area contributed by atoms with Crippen molar-refractivity contribution in [1.82, 2.24) is 25.3 Å². The number of dihydropyridines is 1. The van der Waals surface area contributed by atoms with Crippen molar-refractivity contribution in [3.05, 3.63) is 79.4 Å². The van der Waals surface area contributed by atoms with Crippen molar-refractivity contribution in [2.24, 2.45) is 5.92 Å². The third-order valence-corrected chi connectivity index (χ3v) is 9.16. The minimum absolute atomic E-state index is 0.231. The van der Waals surface area contributed by atoms with E-state index >= 15 is 0 Å². The summed E-state index contributed by atoms with van der Waals surface area (Å²) >= 11 is 3.66. The van der Waals surface area contributed by atoms with Crippen molar-refractivity contribution in [2.75, 3.05) is 46.3 Å². The quantitative estimate of drug-likeness (QED) is 0.381. The van der Waals surface area contributed by atoms with E-state index in [4.69, 9.17) is 0 Å². The van der Waals surface area contributed by atoms with Gasteiger partial charge in [-0.05, 0) is 77.2 Å². The topological polar surface area (TPSA) is 94.0 Å². The van der Waals surface area contributed by atoms with Crippen molar-refractivity contribution in [3.8, 4) is 0 Å². The van der Waals surface area contributed by atoms with Gasteiger partial charge in [0.05, 0.1) is 17.0 Å². The molecule has 0 aromatic heterocycles. The summed E-state index contributed by atoms with van der Waals surface area (Å²) in [6.45, 7) is 6.82. The average Bonchev–Trinajstić information content (AvgIpc) is 3.08. The molecule has 2 unspecified atom stereocenters. The highest BCUT2D eigenvalue weighted by Gasteiger charge is 2.38. The second kappa shape index (κ2) is 12.1. The lowest BCUT2D eigenvalue weighted by atomic mass is 9.90. The van der Waals surface area contributed by atoms with Gasteiger partial charge >= 0.3 is 0 Å². The normalized spacial score (nSPS) is 24.5. The van der Waals surface area contributed by atoms with Crippen LogP contribution in [0.25, 0.3) is 0 Å². The number of rotatable bonds is 6. The number of nitrogens with one attached hydrogen (secondary N) is 2. The summed E-state index contributed by atoms with van der Waals surface area (Å²) in [4.78, 5) is 30.4. The number of hydrogen-bond acceptors (Lipinski definition) is 7. The number of piperidine rings is 1. The molecule has 2 saturated heterocycles. The van der Waals surface area contributed by atoms with E-state index in [-0.39, 0.29) is 18.0 Å². The van der Waals surface area contributed by atoms with Crippen LogP contribution in [0.5, 0.6) is 0 Å². The molecule has 39 heavy (non-hydrogen) atoms. The molecule has 0 saturated carbocycles. The fourth-order valence-corrected chi connectivity index (χ4v) is 7.05. The first-order valence-electron chi connectivity index (χ1n) is 14.0. The van der Waals surface area contributed by atoms with Crippen molar-refractivity contribution in [3.63, 3.8) is 0 Å². The number of amides is 1. The Labute approximate surface area is 239 Å². The van der Waals surface area contributed by atoms with E-state index in [1.54, 1.807) is 7.05 Å². The van der Waals surface area contributed by atoms with E-state index in [0.717, 1.165) is 75.6 Å². The first kappa shape index (κ1) is 27.7. The molecule has 1 aromatic carbocycles. The number of nitro groups is 1. The molecule has 9 nitrogen and oxygen atoms in total. The van der Waals surface area contributed by atoms with Gasteiger partial charge in [0.15, 0.2) is 5.82 Å². The first-order valence-corrected chi connectivity index (χ1v) is 14.8. The highest BCUT2D eigenvalue weighted by molar-refractivity contribution is 9.11. The molecule has 1 aromatic rings. The lowest BCUT2D eigenvalue weighted by Gasteiger charge is -2.44. The lowest BCUT2D eigenvalue weighted by Crippen LogP contribution is -2.53. The summed E-state index contributed by atoms with van der Waals surface area (Å²) < 4.78 is 1.09. The number of aryl methyl sites for hydroxylation is 2. The molecule has 10 heteroatoms. The average molecular weight is 600 g/mol. The van der Waals surface area contributed by atoms with Crippen LogP contribution in [0, 0.1) is 23.0 Å². The number of likely N-dealkylation sites (tertiary alicyclic amines) is 1. The number of carbonyl (C=O) groups is 1. The minimum atomic E-state index is -0.424. The SMILES string of the molecule is CN/C(=C\[N+](=O)[O-])N1CCC(CC(=O)N2CCN(C3c4ccc(C)cc4CCC4=CC(Br)=CNC43)CC2)CC1. The zero-order valence-electron chi connectivity index (χ0n) is 22.9. The van der Waals surface area contributed by atoms with Gasteiger partial charge in [-0.1, -0.05) is 23.8 Å². The molecule has 2 atom stereocenters. The fraction of sp³-hybridized carbons (Fsp3) is 0.552. The molecule has 2 N–H and O–H groups in total. The minimum Gasteiger partial charge on any atom is -0.382 e. The molecular formula is C29H39BrN6O3. The number of allylic oxidation sites excluding steroid dienone is 2. The van der Waals surface area contributed by atoms with Crippen LogP contribution in [0.2, 0.25) is 0 Å². The molecule has 1 amide bonds. The second-order valence-electron chi connectivity index (χ2n) is 11.1. The summed E-state index contributed by atoms with van der Waals surface area (Å²) in [6, 6.07) is 7.36. The van der Waals surface area contributed by atoms with Gasteiger partial charge < -0.3 is 20.4 Å². The van der Waals surface area contributed by atoms with Crippen LogP contribution in [0.1, 0.15) is 48.4 Å². The van der Waals surface area contributed by atoms with Gasteiger partial charge in [-0.2, -0.15) is 0 Å². The predicted molar refractivity (Wildman–Crippen MR) is 155 cm³/mol. The summed E-state index contributed by atoms with van der Waals surface area (Å²) in [5, 5.41) is 17.5. The highest BCUT2D eigenvalue weighted by Crippen LogP contribution is 2.39. The van der Waals surface area contributed by atoms with E-state index < -0.39 is 4.92 Å². The zero-order valence-corrected chi connectivity index (χ0v) is 24.5. The molecule has 4 aliphatic rings. The Morgan fingerprint density at radius 2 is 1.90 bits per heavy atom. The van der Waals surface area contributed by atoms with Crippen LogP contribution < -0.4 is 10.6 Å². The maximum atomic E-state index is 13.3. The Balaban J connectivity index is 1.20. The molecule has 0 bridgehead atoms. The van der Waals surface area contributed by atoms with Crippen LogP contribution in [0.4, 0.5) is 0 Å². The van der Waals surface area contributed by atoms with Gasteiger partial charge in [0, 0.05) is 63.4 Å². The fourth-order valence-electron chi connectivity index (χ4n) is 6.62. The third kappa shape index (κ3) is 6.32. The summed E-state index contributed by atoms with van der Waals surface area (Å²) in [5.74, 6) is 1.09. The zero-order chi connectivity index (χ0) is 27.5. The molecule has 3 heterocycles. The number of fused-ring (bicyclic) bond motifs is 2. The number of nitrogens with zero attached hydrogens (tertiary/aromatic N) is 4. The smallest absolute Gasteiger partial charge is 0.274 e. The van der Waals surface area contributed by atoms with E-state index in [2.05, 4.69) is 68.9 Å². The van der Waals surface area contributed by atoms with Gasteiger partial charge in [-0.3, -0.25) is 19.8 Å². The van der Waals surface area contributed by atoms with Crippen molar-refractivity contribution >= 4 is 21.8 Å². The maximum Gasteiger partial charge on any atom is 0.274 e. The summed E-state index contributed by atoms with van der Waals surface area (Å²) in [7, 11) is 1.70. The van der Waals surface area contributed by atoms with Gasteiger partial charge in [-0.15, -0.1) is 0 Å². The first-order chi connectivity index (χ1) is 18.8. The molecule has 210 valence electrons. The molecule has 3 aliphatic heterocycles. The number of piperazine rings is 1. The Hall–Kier alpha value is -2.85. The maximum absolute atomic E-state index is 13.3. The monoisotopic (exact) mass is 598 g/mol. The Morgan fingerprint density at radius 3 is 2.59 bits per heavy atom. The van der Waals surface area contributed by atoms with Crippen molar-refractivity contribution < 1.29 is 9.72 Å². The van der Waals surface area contributed by atoms with E-state index in [1.807, 2.05) is 9.80 Å². The highest BCUT2D eigenvalue weighted by atomic mass is 79.9.